The van der Waals surface area contributed by atoms with E-state index in [0.29, 0.717) is 30.4 Å². The van der Waals surface area contributed by atoms with E-state index in [1.165, 1.54) is 37.6 Å². The summed E-state index contributed by atoms with van der Waals surface area (Å²) in [6, 6.07) is 8.85. The number of amides is 1. The summed E-state index contributed by atoms with van der Waals surface area (Å²) in [5.74, 6) is 0.0428. The number of aromatic nitrogens is 2. The van der Waals surface area contributed by atoms with Crippen molar-refractivity contribution in [2.75, 3.05) is 27.2 Å². The number of nitrogens with two attached hydrogens (primary N) is 1. The molecule has 0 atom stereocenters. The number of rotatable bonds is 7. The molecule has 1 aliphatic heterocycles. The van der Waals surface area contributed by atoms with Crippen LogP contribution in [0.1, 0.15) is 54.1 Å². The van der Waals surface area contributed by atoms with Gasteiger partial charge in [-0.3, -0.25) is 9.79 Å². The van der Waals surface area contributed by atoms with E-state index in [-0.39, 0.29) is 0 Å². The number of likely N-dealkylation sites (N-methyl/N-ethyl adjacent to an activating group) is 1. The van der Waals surface area contributed by atoms with Gasteiger partial charge in [-0.25, -0.2) is 4.98 Å². The van der Waals surface area contributed by atoms with Gasteiger partial charge < -0.3 is 19.9 Å². The Morgan fingerprint density at radius 1 is 1.21 bits per heavy atom. The minimum absolute atomic E-state index is 0.438. The Morgan fingerprint density at radius 2 is 2.03 bits per heavy atom. The van der Waals surface area contributed by atoms with Crippen molar-refractivity contribution in [1.82, 2.24) is 14.5 Å². The van der Waals surface area contributed by atoms with Gasteiger partial charge in [0.2, 0.25) is 0 Å². The van der Waals surface area contributed by atoms with Gasteiger partial charge in [0, 0.05) is 36.3 Å². The first-order valence-corrected chi connectivity index (χ1v) is 11.8. The largest absolute Gasteiger partial charge is 0.491 e. The van der Waals surface area contributed by atoms with Gasteiger partial charge in [-0.15, -0.1) is 0 Å². The Labute approximate surface area is 194 Å². The Balaban J connectivity index is 1.56. The van der Waals surface area contributed by atoms with Crippen molar-refractivity contribution < 1.29 is 9.53 Å². The lowest BCUT2D eigenvalue weighted by Gasteiger charge is -2.23. The van der Waals surface area contributed by atoms with Gasteiger partial charge in [0.05, 0.1) is 28.6 Å². The molecule has 7 nitrogen and oxygen atoms in total. The highest BCUT2D eigenvalue weighted by molar-refractivity contribution is 6.04. The number of benzene rings is 2. The van der Waals surface area contributed by atoms with E-state index in [1.807, 2.05) is 37.6 Å². The van der Waals surface area contributed by atoms with Crippen LogP contribution in [0, 0.1) is 0 Å². The van der Waals surface area contributed by atoms with Crippen LogP contribution in [0.4, 0.5) is 5.69 Å². The number of fused-ring (bicyclic) bond motifs is 2. The normalized spacial score (nSPS) is 16.0. The fourth-order valence-corrected chi connectivity index (χ4v) is 5.07. The first-order chi connectivity index (χ1) is 16.0. The van der Waals surface area contributed by atoms with E-state index >= 15 is 0 Å². The standard InChI is InChI=1S/C26H31N5O2/c1-30(2)12-13-33-23-15-20(25-19(10-11-28-25)24(23)26(27)32)17-8-9-22-21(14-17)29-16-31(22)18-6-4-3-5-7-18/h8-9,11,14-16,18H,3-7,10,12-13H2,1-2H3,(H2,27,32). The SMILES string of the molecule is CN(C)CCOc1cc(-c2ccc3c(c2)ncn3C2CCCCC2)c2c(c1C(N)=O)CC=N2. The molecule has 3 aromatic rings. The molecule has 33 heavy (non-hydrogen) atoms. The van der Waals surface area contributed by atoms with Crippen LogP contribution in [0.2, 0.25) is 0 Å². The number of hydrogen-bond donors (Lipinski definition) is 1. The quantitative estimate of drug-likeness (QED) is 0.580. The Bertz CT molecular complexity index is 1220. The van der Waals surface area contributed by atoms with Crippen LogP contribution in [-0.2, 0) is 6.42 Å². The summed E-state index contributed by atoms with van der Waals surface area (Å²) < 4.78 is 8.39. The van der Waals surface area contributed by atoms with E-state index in [4.69, 9.17) is 15.5 Å². The lowest BCUT2D eigenvalue weighted by atomic mass is 9.94. The van der Waals surface area contributed by atoms with E-state index in [2.05, 4.69) is 27.8 Å². The van der Waals surface area contributed by atoms with Crippen molar-refractivity contribution in [2.45, 2.75) is 44.6 Å². The summed E-state index contributed by atoms with van der Waals surface area (Å²) >= 11 is 0. The summed E-state index contributed by atoms with van der Waals surface area (Å²) in [6.45, 7) is 1.21. The summed E-state index contributed by atoms with van der Waals surface area (Å²) in [7, 11) is 3.98. The average molecular weight is 446 g/mol. The molecule has 7 heteroatoms. The lowest BCUT2D eigenvalue weighted by Crippen LogP contribution is -2.21. The number of imidazole rings is 1. The molecule has 5 rings (SSSR count). The number of aliphatic imine (C=N–C) groups is 1. The molecule has 0 spiro atoms. The van der Waals surface area contributed by atoms with Crippen molar-refractivity contribution in [3.63, 3.8) is 0 Å². The highest BCUT2D eigenvalue weighted by atomic mass is 16.5. The van der Waals surface area contributed by atoms with Crippen LogP contribution in [0.3, 0.4) is 0 Å². The molecule has 0 bridgehead atoms. The molecule has 0 radical (unpaired) electrons. The van der Waals surface area contributed by atoms with Gasteiger partial charge in [-0.1, -0.05) is 25.3 Å². The fraction of sp³-hybridized carbons (Fsp3) is 0.423. The maximum Gasteiger partial charge on any atom is 0.252 e. The number of ether oxygens (including phenoxy) is 1. The summed E-state index contributed by atoms with van der Waals surface area (Å²) in [5, 5.41) is 0. The smallest absolute Gasteiger partial charge is 0.252 e. The molecule has 1 saturated carbocycles. The Hall–Kier alpha value is -3.19. The summed E-state index contributed by atoms with van der Waals surface area (Å²) in [6.07, 6.45) is 10.7. The highest BCUT2D eigenvalue weighted by Crippen LogP contribution is 2.43. The van der Waals surface area contributed by atoms with E-state index < -0.39 is 5.91 Å². The van der Waals surface area contributed by atoms with Gasteiger partial charge in [-0.05, 0) is 50.7 Å². The number of nitrogens with zero attached hydrogens (tertiary/aromatic N) is 4. The molecule has 1 fully saturated rings. The molecule has 172 valence electrons. The fourth-order valence-electron chi connectivity index (χ4n) is 5.07. The highest BCUT2D eigenvalue weighted by Gasteiger charge is 2.25. The van der Waals surface area contributed by atoms with Crippen LogP contribution < -0.4 is 10.5 Å². The van der Waals surface area contributed by atoms with Crippen molar-refractivity contribution in [3.8, 4) is 16.9 Å². The van der Waals surface area contributed by atoms with Crippen molar-refractivity contribution in [1.29, 1.82) is 0 Å². The Morgan fingerprint density at radius 3 is 2.79 bits per heavy atom. The zero-order valence-electron chi connectivity index (χ0n) is 19.4. The lowest BCUT2D eigenvalue weighted by molar-refractivity contribution is 0.0995. The average Bonchev–Trinajstić information content (AvgIpc) is 3.45. The van der Waals surface area contributed by atoms with Crippen LogP contribution in [0.25, 0.3) is 22.2 Å². The molecule has 2 heterocycles. The third kappa shape index (κ3) is 4.13. The molecule has 0 unspecified atom stereocenters. The molecule has 1 amide bonds. The first kappa shape index (κ1) is 21.6. The van der Waals surface area contributed by atoms with Crippen LogP contribution in [0.15, 0.2) is 35.6 Å². The maximum absolute atomic E-state index is 12.3. The van der Waals surface area contributed by atoms with E-state index in [1.54, 1.807) is 0 Å². The summed E-state index contributed by atoms with van der Waals surface area (Å²) in [4.78, 5) is 23.7. The van der Waals surface area contributed by atoms with E-state index in [9.17, 15) is 4.79 Å². The Kier molecular flexibility index (Phi) is 5.89. The minimum Gasteiger partial charge on any atom is -0.491 e. The molecule has 2 N–H and O–H groups in total. The number of carbonyl (C=O) groups excluding carboxylic acids is 1. The number of hydrogen-bond acceptors (Lipinski definition) is 5. The van der Waals surface area contributed by atoms with Gasteiger partial charge in [-0.2, -0.15) is 0 Å². The molecule has 1 aromatic heterocycles. The van der Waals surface area contributed by atoms with Gasteiger partial charge in [0.1, 0.15) is 12.4 Å². The molecule has 2 aliphatic rings. The predicted octanol–water partition coefficient (Wildman–Crippen LogP) is 4.51. The van der Waals surface area contributed by atoms with Crippen LogP contribution in [0.5, 0.6) is 5.75 Å². The number of carbonyl (C=O) groups is 1. The van der Waals surface area contributed by atoms with Crippen LogP contribution >= 0.6 is 0 Å². The molecule has 0 saturated heterocycles. The van der Waals surface area contributed by atoms with Crippen LogP contribution in [-0.4, -0.2) is 53.8 Å². The second-order valence-corrected chi connectivity index (χ2v) is 9.30. The third-order valence-electron chi connectivity index (χ3n) is 6.78. The molecule has 1 aliphatic carbocycles. The monoisotopic (exact) mass is 445 g/mol. The summed E-state index contributed by atoms with van der Waals surface area (Å²) in [5.41, 5.74) is 11.9. The zero-order chi connectivity index (χ0) is 22.9. The van der Waals surface area contributed by atoms with Crippen molar-refractivity contribution in [3.05, 3.63) is 41.7 Å². The third-order valence-corrected chi connectivity index (χ3v) is 6.78. The molecule has 2 aromatic carbocycles. The van der Waals surface area contributed by atoms with Gasteiger partial charge in [0.25, 0.3) is 5.91 Å². The van der Waals surface area contributed by atoms with Crippen molar-refractivity contribution >= 4 is 28.8 Å². The topological polar surface area (TPSA) is 85.7 Å². The predicted molar refractivity (Wildman–Crippen MR) is 132 cm³/mol. The number of primary amides is 1. The second kappa shape index (κ2) is 8.98. The van der Waals surface area contributed by atoms with Gasteiger partial charge >= 0.3 is 0 Å². The second-order valence-electron chi connectivity index (χ2n) is 9.30. The van der Waals surface area contributed by atoms with Crippen molar-refractivity contribution in [2.24, 2.45) is 10.7 Å². The van der Waals surface area contributed by atoms with E-state index in [0.717, 1.165) is 34.4 Å². The van der Waals surface area contributed by atoms with Gasteiger partial charge in [0.15, 0.2) is 0 Å². The molecular formula is C26H31N5O2. The maximum atomic E-state index is 12.3. The first-order valence-electron chi connectivity index (χ1n) is 11.8. The zero-order valence-corrected chi connectivity index (χ0v) is 19.4. The molecular weight excluding hydrogens is 414 g/mol. The minimum atomic E-state index is -0.482.